The Kier molecular flexibility index (Phi) is 3.87. The van der Waals surface area contributed by atoms with Gasteiger partial charge in [-0.25, -0.2) is 4.98 Å². The van der Waals surface area contributed by atoms with Gasteiger partial charge in [-0.05, 0) is 40.8 Å². The Balaban J connectivity index is 2.19. The number of hydrogen-bond donors (Lipinski definition) is 1. The molecule has 0 radical (unpaired) electrons. The summed E-state index contributed by atoms with van der Waals surface area (Å²) in [4.78, 5) is 4.32. The van der Waals surface area contributed by atoms with Crippen LogP contribution in [0.3, 0.4) is 0 Å². The fraction of sp³-hybridized carbons (Fsp3) is 0.500. The van der Waals surface area contributed by atoms with Crippen molar-refractivity contribution in [1.29, 1.82) is 0 Å². The molecule has 0 saturated heterocycles. The molecule has 0 aromatic carbocycles. The summed E-state index contributed by atoms with van der Waals surface area (Å²) < 4.78 is 11.4. The maximum atomic E-state index is 5.79. The third-order valence-corrected chi connectivity index (χ3v) is 3.18. The first kappa shape index (κ1) is 12.9. The Labute approximate surface area is 107 Å². The summed E-state index contributed by atoms with van der Waals surface area (Å²) >= 11 is 0. The molecule has 0 unspecified atom stereocenters. The summed E-state index contributed by atoms with van der Waals surface area (Å²) in [7, 11) is 1.95. The number of rotatable bonds is 5. The first-order valence-electron chi connectivity index (χ1n) is 6.29. The van der Waals surface area contributed by atoms with E-state index >= 15 is 0 Å². The van der Waals surface area contributed by atoms with Crippen LogP contribution in [-0.4, -0.2) is 18.6 Å². The van der Waals surface area contributed by atoms with Crippen molar-refractivity contribution in [1.82, 2.24) is 10.3 Å². The van der Waals surface area contributed by atoms with Crippen molar-refractivity contribution in [2.24, 2.45) is 0 Å². The Morgan fingerprint density at radius 2 is 1.94 bits per heavy atom. The van der Waals surface area contributed by atoms with Gasteiger partial charge in [0.25, 0.3) is 0 Å². The summed E-state index contributed by atoms with van der Waals surface area (Å²) in [5, 5.41) is 3.11. The van der Waals surface area contributed by atoms with Gasteiger partial charge in [0.05, 0.1) is 11.8 Å². The lowest BCUT2D eigenvalue weighted by Gasteiger charge is -1.97. The van der Waals surface area contributed by atoms with Crippen molar-refractivity contribution in [3.63, 3.8) is 0 Å². The number of nitrogens with one attached hydrogen (secondary N) is 1. The average Bonchev–Trinajstić information content (AvgIpc) is 2.86. The average molecular weight is 248 g/mol. The number of oxazole rings is 1. The Morgan fingerprint density at radius 3 is 2.56 bits per heavy atom. The van der Waals surface area contributed by atoms with Crippen molar-refractivity contribution in [2.45, 2.75) is 33.6 Å². The minimum Gasteiger partial charge on any atom is -0.466 e. The van der Waals surface area contributed by atoms with Crippen molar-refractivity contribution in [2.75, 3.05) is 13.6 Å². The summed E-state index contributed by atoms with van der Waals surface area (Å²) in [5.41, 5.74) is 2.17. The minimum atomic E-state index is 0.790. The lowest BCUT2D eigenvalue weighted by Crippen LogP contribution is -2.08. The van der Waals surface area contributed by atoms with E-state index in [2.05, 4.69) is 10.3 Å². The Hall–Kier alpha value is -1.55. The van der Waals surface area contributed by atoms with Crippen LogP contribution in [0.1, 0.15) is 29.4 Å². The smallest absolute Gasteiger partial charge is 0.194 e. The normalized spacial score (nSPS) is 11.1. The molecule has 0 bridgehead atoms. The van der Waals surface area contributed by atoms with Crippen LogP contribution in [0.15, 0.2) is 15.0 Å². The predicted molar refractivity (Wildman–Crippen MR) is 70.7 cm³/mol. The zero-order valence-corrected chi connectivity index (χ0v) is 11.5. The first-order chi connectivity index (χ1) is 8.63. The quantitative estimate of drug-likeness (QED) is 0.826. The highest BCUT2D eigenvalue weighted by molar-refractivity contribution is 5.64. The lowest BCUT2D eigenvalue weighted by atomic mass is 10.1. The molecule has 2 aromatic rings. The van der Waals surface area contributed by atoms with E-state index in [1.165, 1.54) is 0 Å². The van der Waals surface area contributed by atoms with Crippen LogP contribution in [0.25, 0.3) is 11.3 Å². The first-order valence-corrected chi connectivity index (χ1v) is 6.29. The van der Waals surface area contributed by atoms with Gasteiger partial charge in [-0.15, -0.1) is 0 Å². The van der Waals surface area contributed by atoms with Gasteiger partial charge >= 0.3 is 0 Å². The fourth-order valence-corrected chi connectivity index (χ4v) is 2.11. The van der Waals surface area contributed by atoms with E-state index in [0.717, 1.165) is 53.7 Å². The van der Waals surface area contributed by atoms with Crippen LogP contribution in [-0.2, 0) is 6.42 Å². The largest absolute Gasteiger partial charge is 0.466 e. The maximum absolute atomic E-state index is 5.79. The molecule has 0 fully saturated rings. The Morgan fingerprint density at radius 1 is 1.17 bits per heavy atom. The second-order valence-electron chi connectivity index (χ2n) is 4.54. The van der Waals surface area contributed by atoms with E-state index in [9.17, 15) is 0 Å². The third kappa shape index (κ3) is 2.48. The van der Waals surface area contributed by atoms with Gasteiger partial charge in [-0.3, -0.25) is 0 Å². The fourth-order valence-electron chi connectivity index (χ4n) is 2.11. The lowest BCUT2D eigenvalue weighted by molar-refractivity contribution is 0.488. The second-order valence-corrected chi connectivity index (χ2v) is 4.54. The van der Waals surface area contributed by atoms with Gasteiger partial charge in [-0.2, -0.15) is 0 Å². The summed E-state index contributed by atoms with van der Waals surface area (Å²) in [6.07, 6.45) is 3.67. The highest BCUT2D eigenvalue weighted by atomic mass is 16.4. The van der Waals surface area contributed by atoms with Gasteiger partial charge in [0.15, 0.2) is 11.7 Å². The van der Waals surface area contributed by atoms with Crippen LogP contribution in [0.5, 0.6) is 0 Å². The van der Waals surface area contributed by atoms with Crippen LogP contribution in [0.2, 0.25) is 0 Å². The van der Waals surface area contributed by atoms with E-state index in [1.54, 1.807) is 6.20 Å². The molecule has 2 heterocycles. The topological polar surface area (TPSA) is 51.2 Å². The van der Waals surface area contributed by atoms with Crippen molar-refractivity contribution < 1.29 is 8.83 Å². The van der Waals surface area contributed by atoms with E-state index in [4.69, 9.17) is 8.83 Å². The molecule has 0 saturated carbocycles. The molecule has 98 valence electrons. The minimum absolute atomic E-state index is 0.790. The van der Waals surface area contributed by atoms with Crippen LogP contribution in [0.4, 0.5) is 0 Å². The van der Waals surface area contributed by atoms with Gasteiger partial charge in [-0.1, -0.05) is 0 Å². The molecule has 0 aliphatic heterocycles. The number of hydrogen-bond acceptors (Lipinski definition) is 4. The van der Waals surface area contributed by atoms with Gasteiger partial charge in [0, 0.05) is 12.0 Å². The maximum Gasteiger partial charge on any atom is 0.194 e. The predicted octanol–water partition coefficient (Wildman–Crippen LogP) is 3.01. The standard InChI is InChI=1S/C14H20N2O2/c1-9-10(2)17-11(3)14(9)12-8-16-13(18-12)6-5-7-15-4/h8,15H,5-7H2,1-4H3. The van der Waals surface area contributed by atoms with Gasteiger partial charge < -0.3 is 14.2 Å². The molecule has 0 amide bonds. The van der Waals surface area contributed by atoms with Crippen LogP contribution in [0, 0.1) is 20.8 Å². The summed E-state index contributed by atoms with van der Waals surface area (Å²) in [6, 6.07) is 0. The molecule has 4 nitrogen and oxygen atoms in total. The number of nitrogens with zero attached hydrogens (tertiary/aromatic N) is 1. The van der Waals surface area contributed by atoms with Crippen molar-refractivity contribution in [3.05, 3.63) is 29.2 Å². The van der Waals surface area contributed by atoms with E-state index in [0.29, 0.717) is 0 Å². The van der Waals surface area contributed by atoms with Crippen molar-refractivity contribution in [3.8, 4) is 11.3 Å². The van der Waals surface area contributed by atoms with E-state index in [1.807, 2.05) is 27.8 Å². The highest BCUT2D eigenvalue weighted by Crippen LogP contribution is 2.31. The molecule has 1 N–H and O–H groups in total. The number of furan rings is 1. The van der Waals surface area contributed by atoms with Gasteiger partial charge in [0.1, 0.15) is 11.5 Å². The molecule has 0 atom stereocenters. The van der Waals surface area contributed by atoms with E-state index < -0.39 is 0 Å². The second kappa shape index (κ2) is 5.40. The summed E-state index contributed by atoms with van der Waals surface area (Å²) in [5.74, 6) is 3.43. The van der Waals surface area contributed by atoms with Gasteiger partial charge in [0.2, 0.25) is 0 Å². The summed E-state index contributed by atoms with van der Waals surface area (Å²) in [6.45, 7) is 6.94. The van der Waals surface area contributed by atoms with Crippen LogP contribution >= 0.6 is 0 Å². The third-order valence-electron chi connectivity index (χ3n) is 3.18. The Bertz CT molecular complexity index is 526. The molecule has 2 rings (SSSR count). The molecule has 2 aromatic heterocycles. The zero-order chi connectivity index (χ0) is 13.1. The monoisotopic (exact) mass is 248 g/mol. The molecule has 0 aliphatic carbocycles. The zero-order valence-electron chi connectivity index (χ0n) is 11.5. The molecule has 0 aliphatic rings. The molecule has 18 heavy (non-hydrogen) atoms. The molecular weight excluding hydrogens is 228 g/mol. The van der Waals surface area contributed by atoms with E-state index in [-0.39, 0.29) is 0 Å². The molecule has 4 heteroatoms. The molecular formula is C14H20N2O2. The number of aryl methyl sites for hydroxylation is 3. The highest BCUT2D eigenvalue weighted by Gasteiger charge is 2.17. The number of aromatic nitrogens is 1. The van der Waals surface area contributed by atoms with Crippen molar-refractivity contribution >= 4 is 0 Å². The SMILES string of the molecule is CNCCCc1ncc(-c2c(C)oc(C)c2C)o1. The molecule has 0 spiro atoms. The van der Waals surface area contributed by atoms with Crippen LogP contribution < -0.4 is 5.32 Å².